The van der Waals surface area contributed by atoms with Crippen molar-refractivity contribution in [1.29, 1.82) is 0 Å². The first-order chi connectivity index (χ1) is 11.3. The standard InChI is InChI=1S/C16H18F3N3OS/c1-22(2)14(11-7-8-24-10-11)9-20-15(23)21-13-5-3-12(4-6-13)16(17,18)19/h3-8,10,14H,9H2,1-2H3,(H2,20,21,23). The average molecular weight is 357 g/mol. The Labute approximate surface area is 142 Å². The van der Waals surface area contributed by atoms with Crippen molar-refractivity contribution in [2.24, 2.45) is 0 Å². The van der Waals surface area contributed by atoms with Gasteiger partial charge in [0.2, 0.25) is 0 Å². The predicted molar refractivity (Wildman–Crippen MR) is 89.2 cm³/mol. The molecule has 2 amide bonds. The summed E-state index contributed by atoms with van der Waals surface area (Å²) in [6.07, 6.45) is -4.39. The number of rotatable bonds is 5. The molecule has 1 aromatic heterocycles. The molecule has 0 saturated carbocycles. The average Bonchev–Trinajstić information content (AvgIpc) is 3.00. The van der Waals surface area contributed by atoms with Gasteiger partial charge in [0.25, 0.3) is 0 Å². The summed E-state index contributed by atoms with van der Waals surface area (Å²) < 4.78 is 37.5. The van der Waals surface area contributed by atoms with E-state index in [1.807, 2.05) is 35.8 Å². The van der Waals surface area contributed by atoms with Gasteiger partial charge < -0.3 is 15.5 Å². The summed E-state index contributed by atoms with van der Waals surface area (Å²) in [6.45, 7) is 0.385. The zero-order valence-corrected chi connectivity index (χ0v) is 14.0. The van der Waals surface area contributed by atoms with Crippen LogP contribution in [0.15, 0.2) is 41.1 Å². The molecule has 0 radical (unpaired) electrons. The van der Waals surface area contributed by atoms with Crippen LogP contribution in [0, 0.1) is 0 Å². The zero-order chi connectivity index (χ0) is 17.7. The fourth-order valence-electron chi connectivity index (χ4n) is 2.17. The first-order valence-electron chi connectivity index (χ1n) is 7.18. The van der Waals surface area contributed by atoms with Gasteiger partial charge in [0.1, 0.15) is 0 Å². The number of halogens is 3. The van der Waals surface area contributed by atoms with E-state index >= 15 is 0 Å². The Kier molecular flexibility index (Phi) is 5.84. The minimum absolute atomic E-state index is 0.0228. The number of nitrogens with one attached hydrogen (secondary N) is 2. The van der Waals surface area contributed by atoms with Gasteiger partial charge in [-0.05, 0) is 60.8 Å². The van der Waals surface area contributed by atoms with Crippen molar-refractivity contribution in [3.8, 4) is 0 Å². The number of hydrogen-bond acceptors (Lipinski definition) is 3. The Morgan fingerprint density at radius 2 is 1.88 bits per heavy atom. The number of likely N-dealkylation sites (N-methyl/N-ethyl adjacent to an activating group) is 1. The minimum Gasteiger partial charge on any atom is -0.336 e. The van der Waals surface area contributed by atoms with Gasteiger partial charge in [-0.3, -0.25) is 0 Å². The number of urea groups is 1. The highest BCUT2D eigenvalue weighted by Crippen LogP contribution is 2.29. The first-order valence-corrected chi connectivity index (χ1v) is 8.12. The third-order valence-corrected chi connectivity index (χ3v) is 4.18. The smallest absolute Gasteiger partial charge is 0.336 e. The molecule has 130 valence electrons. The maximum atomic E-state index is 12.5. The van der Waals surface area contributed by atoms with Crippen LogP contribution in [0.4, 0.5) is 23.7 Å². The molecule has 1 heterocycles. The fourth-order valence-corrected chi connectivity index (χ4v) is 2.88. The third-order valence-electron chi connectivity index (χ3n) is 3.48. The van der Waals surface area contributed by atoms with Gasteiger partial charge in [-0.2, -0.15) is 24.5 Å². The molecule has 1 unspecified atom stereocenters. The lowest BCUT2D eigenvalue weighted by atomic mass is 10.1. The number of benzene rings is 1. The third kappa shape index (κ3) is 4.97. The Morgan fingerprint density at radius 3 is 2.38 bits per heavy atom. The molecule has 1 atom stereocenters. The maximum absolute atomic E-state index is 12.5. The molecule has 0 spiro atoms. The quantitative estimate of drug-likeness (QED) is 0.843. The van der Waals surface area contributed by atoms with E-state index in [-0.39, 0.29) is 6.04 Å². The van der Waals surface area contributed by atoms with Crippen LogP contribution in [0.2, 0.25) is 0 Å². The van der Waals surface area contributed by atoms with E-state index in [0.717, 1.165) is 17.7 Å². The molecular weight excluding hydrogens is 339 g/mol. The second-order valence-electron chi connectivity index (χ2n) is 5.45. The van der Waals surface area contributed by atoms with Crippen LogP contribution in [0.25, 0.3) is 0 Å². The van der Waals surface area contributed by atoms with Crippen molar-refractivity contribution in [2.75, 3.05) is 26.0 Å². The normalized spacial score (nSPS) is 12.9. The van der Waals surface area contributed by atoms with E-state index in [9.17, 15) is 18.0 Å². The van der Waals surface area contributed by atoms with E-state index < -0.39 is 17.8 Å². The summed E-state index contributed by atoms with van der Waals surface area (Å²) in [6, 6.07) is 5.87. The van der Waals surface area contributed by atoms with Crippen molar-refractivity contribution in [2.45, 2.75) is 12.2 Å². The molecular formula is C16H18F3N3OS. The van der Waals surface area contributed by atoms with E-state index in [4.69, 9.17) is 0 Å². The van der Waals surface area contributed by atoms with Crippen molar-refractivity contribution in [3.63, 3.8) is 0 Å². The van der Waals surface area contributed by atoms with Gasteiger partial charge in [-0.15, -0.1) is 0 Å². The van der Waals surface area contributed by atoms with Crippen molar-refractivity contribution < 1.29 is 18.0 Å². The maximum Gasteiger partial charge on any atom is 0.416 e. The highest BCUT2D eigenvalue weighted by molar-refractivity contribution is 7.07. The fraction of sp³-hybridized carbons (Fsp3) is 0.312. The lowest BCUT2D eigenvalue weighted by Gasteiger charge is -2.24. The molecule has 0 fully saturated rings. The molecule has 4 nitrogen and oxygen atoms in total. The monoisotopic (exact) mass is 357 g/mol. The molecule has 1 aromatic carbocycles. The summed E-state index contributed by atoms with van der Waals surface area (Å²) in [5, 5.41) is 9.24. The Morgan fingerprint density at radius 1 is 1.21 bits per heavy atom. The number of alkyl halides is 3. The van der Waals surface area contributed by atoms with Gasteiger partial charge in [-0.1, -0.05) is 0 Å². The number of hydrogen-bond donors (Lipinski definition) is 2. The number of nitrogens with zero attached hydrogens (tertiary/aromatic N) is 1. The van der Waals surface area contributed by atoms with Gasteiger partial charge in [0.15, 0.2) is 0 Å². The number of amides is 2. The Hall–Kier alpha value is -2.06. The highest BCUT2D eigenvalue weighted by atomic mass is 32.1. The molecule has 2 rings (SSSR count). The van der Waals surface area contributed by atoms with Crippen molar-refractivity contribution in [3.05, 3.63) is 52.2 Å². The van der Waals surface area contributed by atoms with E-state index in [1.165, 1.54) is 12.1 Å². The predicted octanol–water partition coefficient (Wildman–Crippen LogP) is 4.19. The highest BCUT2D eigenvalue weighted by Gasteiger charge is 2.30. The number of carbonyl (C=O) groups is 1. The van der Waals surface area contributed by atoms with Crippen LogP contribution in [0.1, 0.15) is 17.2 Å². The molecule has 24 heavy (non-hydrogen) atoms. The summed E-state index contributed by atoms with van der Waals surface area (Å²) in [5.74, 6) is 0. The van der Waals surface area contributed by atoms with Crippen LogP contribution < -0.4 is 10.6 Å². The first kappa shape index (κ1) is 18.3. The van der Waals surface area contributed by atoms with Crippen molar-refractivity contribution in [1.82, 2.24) is 10.2 Å². The van der Waals surface area contributed by atoms with Crippen LogP contribution in [0.5, 0.6) is 0 Å². The molecule has 2 N–H and O–H groups in total. The summed E-state index contributed by atoms with van der Waals surface area (Å²) in [5.41, 5.74) is 0.649. The van der Waals surface area contributed by atoms with E-state index in [2.05, 4.69) is 10.6 Å². The number of carbonyl (C=O) groups excluding carboxylic acids is 1. The number of anilines is 1. The Bertz CT molecular complexity index is 654. The Balaban J connectivity index is 1.91. The molecule has 8 heteroatoms. The molecule has 2 aromatic rings. The van der Waals surface area contributed by atoms with Gasteiger partial charge in [0, 0.05) is 12.2 Å². The zero-order valence-electron chi connectivity index (χ0n) is 13.2. The lowest BCUT2D eigenvalue weighted by Crippen LogP contribution is -2.36. The van der Waals surface area contributed by atoms with E-state index in [0.29, 0.717) is 12.2 Å². The summed E-state index contributed by atoms with van der Waals surface area (Å²) in [7, 11) is 3.83. The van der Waals surface area contributed by atoms with Crippen LogP contribution in [-0.4, -0.2) is 31.6 Å². The van der Waals surface area contributed by atoms with Crippen molar-refractivity contribution >= 4 is 23.1 Å². The largest absolute Gasteiger partial charge is 0.416 e. The minimum atomic E-state index is -4.39. The van der Waals surface area contributed by atoms with Gasteiger partial charge in [-0.25, -0.2) is 4.79 Å². The van der Waals surface area contributed by atoms with Crippen LogP contribution >= 0.6 is 11.3 Å². The van der Waals surface area contributed by atoms with Crippen LogP contribution in [0.3, 0.4) is 0 Å². The SMILES string of the molecule is CN(C)C(CNC(=O)Nc1ccc(C(F)(F)F)cc1)c1ccsc1. The topological polar surface area (TPSA) is 44.4 Å². The molecule has 0 aliphatic rings. The molecule has 0 saturated heterocycles. The molecule has 0 aliphatic heterocycles. The molecule has 0 aliphatic carbocycles. The molecule has 0 bridgehead atoms. The van der Waals surface area contributed by atoms with Crippen LogP contribution in [-0.2, 0) is 6.18 Å². The second kappa shape index (κ2) is 7.67. The van der Waals surface area contributed by atoms with Gasteiger partial charge >= 0.3 is 12.2 Å². The second-order valence-corrected chi connectivity index (χ2v) is 6.23. The lowest BCUT2D eigenvalue weighted by molar-refractivity contribution is -0.137. The number of thiophene rings is 1. The van der Waals surface area contributed by atoms with E-state index in [1.54, 1.807) is 11.3 Å². The van der Waals surface area contributed by atoms with Gasteiger partial charge in [0.05, 0.1) is 11.6 Å². The summed E-state index contributed by atoms with van der Waals surface area (Å²) >= 11 is 1.58. The summed E-state index contributed by atoms with van der Waals surface area (Å²) in [4.78, 5) is 13.9.